The van der Waals surface area contributed by atoms with Crippen molar-refractivity contribution in [2.45, 2.75) is 0 Å². The lowest BCUT2D eigenvalue weighted by molar-refractivity contribution is 1.13. The molecule has 0 fully saturated rings. The van der Waals surface area contributed by atoms with Crippen molar-refractivity contribution in [3.63, 3.8) is 0 Å². The Morgan fingerprint density at radius 1 is 0.652 bits per heavy atom. The molecule has 0 aliphatic rings. The van der Waals surface area contributed by atoms with Crippen molar-refractivity contribution < 1.29 is 0 Å². The van der Waals surface area contributed by atoms with Crippen LogP contribution in [0.5, 0.6) is 0 Å². The molecule has 0 radical (unpaired) electrons. The van der Waals surface area contributed by atoms with Crippen LogP contribution in [0, 0.1) is 0 Å². The fourth-order valence-electron chi connectivity index (χ4n) is 2.61. The molecule has 0 saturated heterocycles. The van der Waals surface area contributed by atoms with E-state index in [1.807, 2.05) is 6.07 Å². The van der Waals surface area contributed by atoms with E-state index >= 15 is 0 Å². The Kier molecular flexibility index (Phi) is 4.58. The molecule has 1 heteroatoms. The van der Waals surface area contributed by atoms with Crippen LogP contribution in [0.4, 0.5) is 5.69 Å². The molecule has 0 amide bonds. The van der Waals surface area contributed by atoms with E-state index in [4.69, 9.17) is 0 Å². The standard InChI is InChI=1S/C22H21N/c1-23(2)21-15-13-20(14-16-21)22(19-11-7-4-8-12-19)17-18-9-5-3-6-10-18/h3-17H,1-2H3/b22-17-. The second-order valence-corrected chi connectivity index (χ2v) is 5.78. The van der Waals surface area contributed by atoms with Gasteiger partial charge in [0.25, 0.3) is 0 Å². The predicted octanol–water partition coefficient (Wildman–Crippen LogP) is 5.34. The molecule has 3 aromatic rings. The Bertz CT molecular complexity index is 769. The Hall–Kier alpha value is -2.80. The molecule has 114 valence electrons. The van der Waals surface area contributed by atoms with Gasteiger partial charge in [-0.3, -0.25) is 0 Å². The second kappa shape index (κ2) is 6.97. The topological polar surface area (TPSA) is 3.24 Å². The Morgan fingerprint density at radius 3 is 1.74 bits per heavy atom. The molecule has 0 aliphatic carbocycles. The van der Waals surface area contributed by atoms with Gasteiger partial charge < -0.3 is 4.90 Å². The van der Waals surface area contributed by atoms with Crippen LogP contribution < -0.4 is 4.90 Å². The van der Waals surface area contributed by atoms with Crippen LogP contribution in [0.15, 0.2) is 84.9 Å². The van der Waals surface area contributed by atoms with Crippen LogP contribution in [0.1, 0.15) is 16.7 Å². The van der Waals surface area contributed by atoms with Gasteiger partial charge >= 0.3 is 0 Å². The molecule has 0 heterocycles. The van der Waals surface area contributed by atoms with E-state index in [0.29, 0.717) is 0 Å². The Balaban J connectivity index is 2.07. The summed E-state index contributed by atoms with van der Waals surface area (Å²) < 4.78 is 0. The molecule has 0 unspecified atom stereocenters. The van der Waals surface area contributed by atoms with Crippen LogP contribution in [0.3, 0.4) is 0 Å². The average molecular weight is 299 g/mol. The van der Waals surface area contributed by atoms with Gasteiger partial charge in [0.2, 0.25) is 0 Å². The van der Waals surface area contributed by atoms with Crippen molar-refractivity contribution in [3.8, 4) is 0 Å². The summed E-state index contributed by atoms with van der Waals surface area (Å²) in [5.74, 6) is 0. The summed E-state index contributed by atoms with van der Waals surface area (Å²) in [5, 5.41) is 0. The molecule has 0 aliphatic heterocycles. The van der Waals surface area contributed by atoms with Gasteiger partial charge in [-0.2, -0.15) is 0 Å². The van der Waals surface area contributed by atoms with E-state index in [2.05, 4.69) is 104 Å². The van der Waals surface area contributed by atoms with Crippen molar-refractivity contribution in [1.29, 1.82) is 0 Å². The van der Waals surface area contributed by atoms with Gasteiger partial charge in [-0.15, -0.1) is 0 Å². The molecule has 3 rings (SSSR count). The van der Waals surface area contributed by atoms with E-state index in [1.165, 1.54) is 28.0 Å². The predicted molar refractivity (Wildman–Crippen MR) is 101 cm³/mol. The van der Waals surface area contributed by atoms with E-state index in [0.717, 1.165) is 0 Å². The Labute approximate surface area is 138 Å². The minimum atomic E-state index is 1.21. The summed E-state index contributed by atoms with van der Waals surface area (Å²) in [4.78, 5) is 2.12. The molecule has 0 N–H and O–H groups in total. The molecule has 0 atom stereocenters. The lowest BCUT2D eigenvalue weighted by Crippen LogP contribution is -2.08. The first-order valence-electron chi connectivity index (χ1n) is 7.84. The van der Waals surface area contributed by atoms with Gasteiger partial charge in [-0.1, -0.05) is 72.8 Å². The fraction of sp³-hybridized carbons (Fsp3) is 0.0909. The first kappa shape index (κ1) is 15.1. The first-order chi connectivity index (χ1) is 11.2. The molecule has 0 bridgehead atoms. The van der Waals surface area contributed by atoms with Gasteiger partial charge in [0.1, 0.15) is 0 Å². The minimum Gasteiger partial charge on any atom is -0.378 e. The summed E-state index contributed by atoms with van der Waals surface area (Å²) >= 11 is 0. The highest BCUT2D eigenvalue weighted by Crippen LogP contribution is 2.27. The number of benzene rings is 3. The SMILES string of the molecule is CN(C)c1ccc(/C(=C\c2ccccc2)c2ccccc2)cc1. The summed E-state index contributed by atoms with van der Waals surface area (Å²) in [7, 11) is 4.12. The zero-order valence-electron chi connectivity index (χ0n) is 13.6. The molecule has 1 nitrogen and oxygen atoms in total. The Morgan fingerprint density at radius 2 is 1.17 bits per heavy atom. The molecular formula is C22H21N. The normalized spacial score (nSPS) is 11.3. The van der Waals surface area contributed by atoms with Crippen LogP contribution in [0.2, 0.25) is 0 Å². The lowest BCUT2D eigenvalue weighted by atomic mass is 9.95. The third kappa shape index (κ3) is 3.70. The molecule has 0 saturated carbocycles. The smallest absolute Gasteiger partial charge is 0.0361 e. The maximum absolute atomic E-state index is 2.25. The van der Waals surface area contributed by atoms with Crippen molar-refractivity contribution >= 4 is 17.3 Å². The maximum atomic E-state index is 2.25. The van der Waals surface area contributed by atoms with E-state index in [1.54, 1.807) is 0 Å². The van der Waals surface area contributed by atoms with Crippen LogP contribution in [-0.2, 0) is 0 Å². The third-order valence-electron chi connectivity index (χ3n) is 3.89. The largest absolute Gasteiger partial charge is 0.378 e. The van der Waals surface area contributed by atoms with E-state index in [-0.39, 0.29) is 0 Å². The van der Waals surface area contributed by atoms with E-state index in [9.17, 15) is 0 Å². The van der Waals surface area contributed by atoms with E-state index < -0.39 is 0 Å². The van der Waals surface area contributed by atoms with Gasteiger partial charge in [0, 0.05) is 19.8 Å². The average Bonchev–Trinajstić information content (AvgIpc) is 2.61. The molecular weight excluding hydrogens is 278 g/mol. The van der Waals surface area contributed by atoms with Gasteiger partial charge in [-0.05, 0) is 40.5 Å². The summed E-state index contributed by atoms with van der Waals surface area (Å²) in [6, 6.07) is 29.7. The highest BCUT2D eigenvalue weighted by atomic mass is 15.1. The number of hydrogen-bond acceptors (Lipinski definition) is 1. The first-order valence-corrected chi connectivity index (χ1v) is 7.84. The van der Waals surface area contributed by atoms with Crippen LogP contribution in [0.25, 0.3) is 11.6 Å². The zero-order valence-corrected chi connectivity index (χ0v) is 13.6. The molecule has 0 aromatic heterocycles. The number of hydrogen-bond donors (Lipinski definition) is 0. The third-order valence-corrected chi connectivity index (χ3v) is 3.89. The summed E-state index contributed by atoms with van der Waals surface area (Å²) in [6.07, 6.45) is 2.25. The number of rotatable bonds is 4. The van der Waals surface area contributed by atoms with Gasteiger partial charge in [0.15, 0.2) is 0 Å². The molecule has 23 heavy (non-hydrogen) atoms. The van der Waals surface area contributed by atoms with Crippen LogP contribution in [-0.4, -0.2) is 14.1 Å². The quantitative estimate of drug-likeness (QED) is 0.588. The molecule has 0 spiro atoms. The van der Waals surface area contributed by atoms with Gasteiger partial charge in [-0.25, -0.2) is 0 Å². The second-order valence-electron chi connectivity index (χ2n) is 5.78. The van der Waals surface area contributed by atoms with Crippen molar-refractivity contribution in [2.24, 2.45) is 0 Å². The summed E-state index contributed by atoms with van der Waals surface area (Å²) in [5.41, 5.74) is 6.12. The zero-order chi connectivity index (χ0) is 16.1. The summed E-state index contributed by atoms with van der Waals surface area (Å²) in [6.45, 7) is 0. The number of nitrogens with zero attached hydrogens (tertiary/aromatic N) is 1. The fourth-order valence-corrected chi connectivity index (χ4v) is 2.61. The molecule has 3 aromatic carbocycles. The van der Waals surface area contributed by atoms with Crippen molar-refractivity contribution in [2.75, 3.05) is 19.0 Å². The minimum absolute atomic E-state index is 1.21. The maximum Gasteiger partial charge on any atom is 0.0361 e. The van der Waals surface area contributed by atoms with Crippen molar-refractivity contribution in [1.82, 2.24) is 0 Å². The van der Waals surface area contributed by atoms with Crippen molar-refractivity contribution in [3.05, 3.63) is 102 Å². The monoisotopic (exact) mass is 299 g/mol. The van der Waals surface area contributed by atoms with Crippen LogP contribution >= 0.6 is 0 Å². The lowest BCUT2D eigenvalue weighted by Gasteiger charge is -2.14. The highest BCUT2D eigenvalue weighted by molar-refractivity contribution is 5.91. The van der Waals surface area contributed by atoms with Gasteiger partial charge in [0.05, 0.1) is 0 Å². The highest BCUT2D eigenvalue weighted by Gasteiger charge is 2.06. The number of anilines is 1.